The van der Waals surface area contributed by atoms with Crippen molar-refractivity contribution in [3.8, 4) is 0 Å². The van der Waals surface area contributed by atoms with Gasteiger partial charge in [0.1, 0.15) is 11.9 Å². The van der Waals surface area contributed by atoms with Crippen LogP contribution in [0.3, 0.4) is 0 Å². The van der Waals surface area contributed by atoms with Crippen LogP contribution in [-0.4, -0.2) is 18.5 Å². The number of carbonyl (C=O) groups excluding carboxylic acids is 1. The molecule has 0 amide bonds. The van der Waals surface area contributed by atoms with Crippen LogP contribution >= 0.6 is 24.0 Å². The maximum atomic E-state index is 13.6. The second kappa shape index (κ2) is 6.98. The van der Waals surface area contributed by atoms with E-state index in [9.17, 15) is 18.0 Å². The van der Waals surface area contributed by atoms with E-state index >= 15 is 0 Å². The number of carbonyl (C=O) groups is 1. The van der Waals surface area contributed by atoms with Crippen molar-refractivity contribution in [1.29, 1.82) is 0 Å². The van der Waals surface area contributed by atoms with E-state index in [4.69, 9.17) is 17.3 Å². The van der Waals surface area contributed by atoms with Gasteiger partial charge in [-0.05, 0) is 24.6 Å². The molecule has 1 atom stereocenters. The Morgan fingerprint density at radius 2 is 2.11 bits per heavy atom. The molecule has 8 heteroatoms. The number of alkyl halides is 2. The number of hydrogen-bond donors (Lipinski definition) is 1. The summed E-state index contributed by atoms with van der Waals surface area (Å²) >= 11 is 5.61. The van der Waals surface area contributed by atoms with E-state index in [1.807, 2.05) is 0 Å². The highest BCUT2D eigenvalue weighted by Crippen LogP contribution is 2.34. The van der Waals surface area contributed by atoms with Gasteiger partial charge in [0.25, 0.3) is 0 Å². The van der Waals surface area contributed by atoms with Crippen molar-refractivity contribution < 1.29 is 22.7 Å². The molecule has 0 saturated heterocycles. The predicted molar refractivity (Wildman–Crippen MR) is 67.2 cm³/mol. The van der Waals surface area contributed by atoms with E-state index in [-0.39, 0.29) is 29.6 Å². The van der Waals surface area contributed by atoms with E-state index in [2.05, 4.69) is 4.74 Å². The van der Waals surface area contributed by atoms with Crippen molar-refractivity contribution in [2.24, 2.45) is 5.73 Å². The molecule has 0 aromatic heterocycles. The molecule has 1 aromatic rings. The van der Waals surface area contributed by atoms with Crippen molar-refractivity contribution >= 4 is 30.0 Å². The number of benzene rings is 1. The molecule has 1 rings (SSSR count). The molecule has 0 fully saturated rings. The molecular weight excluding hydrogens is 306 g/mol. The molecule has 0 heterocycles. The Labute approximate surface area is 119 Å². The third-order valence-electron chi connectivity index (χ3n) is 2.24. The number of esters is 1. The first kappa shape index (κ1) is 18.0. The van der Waals surface area contributed by atoms with E-state index in [1.165, 1.54) is 6.92 Å². The second-order valence-electron chi connectivity index (χ2n) is 3.49. The Morgan fingerprint density at radius 1 is 1.53 bits per heavy atom. The smallest absolute Gasteiger partial charge is 0.379 e. The molecule has 0 unspecified atom stereocenters. The molecule has 0 spiro atoms. The van der Waals surface area contributed by atoms with Gasteiger partial charge in [-0.3, -0.25) is 0 Å². The molecule has 0 bridgehead atoms. The fraction of sp³-hybridized carbons (Fsp3) is 0.364. The zero-order valence-corrected chi connectivity index (χ0v) is 11.4. The van der Waals surface area contributed by atoms with Crippen molar-refractivity contribution in [3.05, 3.63) is 34.6 Å². The highest BCUT2D eigenvalue weighted by atomic mass is 35.5. The maximum absolute atomic E-state index is 13.6. The van der Waals surface area contributed by atoms with E-state index in [0.29, 0.717) is 0 Å². The first-order valence-corrected chi connectivity index (χ1v) is 5.44. The third-order valence-corrected chi connectivity index (χ3v) is 2.56. The average molecular weight is 318 g/mol. The van der Waals surface area contributed by atoms with Gasteiger partial charge in [-0.2, -0.15) is 8.78 Å². The second-order valence-corrected chi connectivity index (χ2v) is 3.89. The van der Waals surface area contributed by atoms with E-state index in [1.54, 1.807) is 0 Å². The van der Waals surface area contributed by atoms with Crippen LogP contribution in [-0.2, 0) is 9.53 Å². The summed E-state index contributed by atoms with van der Waals surface area (Å²) in [6, 6.07) is 0.792. The van der Waals surface area contributed by atoms with Gasteiger partial charge in [0, 0.05) is 5.02 Å². The first-order valence-electron chi connectivity index (χ1n) is 5.06. The number of nitrogens with two attached hydrogens (primary N) is 1. The van der Waals surface area contributed by atoms with E-state index < -0.39 is 23.8 Å². The fourth-order valence-corrected chi connectivity index (χ4v) is 1.59. The SMILES string of the molecule is CCOC(=O)C(F)(F)[C@H](N)c1ccc(F)cc1Cl.Cl. The molecule has 1 aromatic carbocycles. The first-order chi connectivity index (χ1) is 8.30. The Morgan fingerprint density at radius 3 is 2.58 bits per heavy atom. The summed E-state index contributed by atoms with van der Waals surface area (Å²) in [7, 11) is 0. The zero-order chi connectivity index (χ0) is 13.9. The third kappa shape index (κ3) is 3.99. The molecule has 0 aliphatic rings. The monoisotopic (exact) mass is 317 g/mol. The largest absolute Gasteiger partial charge is 0.462 e. The van der Waals surface area contributed by atoms with Gasteiger partial charge in [-0.15, -0.1) is 12.4 Å². The van der Waals surface area contributed by atoms with Crippen LogP contribution in [0.2, 0.25) is 5.02 Å². The van der Waals surface area contributed by atoms with Crippen LogP contribution in [0.1, 0.15) is 18.5 Å². The van der Waals surface area contributed by atoms with Crippen LogP contribution in [0.15, 0.2) is 18.2 Å². The Kier molecular flexibility index (Phi) is 6.62. The quantitative estimate of drug-likeness (QED) is 0.868. The zero-order valence-electron chi connectivity index (χ0n) is 9.83. The lowest BCUT2D eigenvalue weighted by molar-refractivity contribution is -0.174. The lowest BCUT2D eigenvalue weighted by Crippen LogP contribution is -2.41. The fourth-order valence-electron chi connectivity index (χ4n) is 1.30. The lowest BCUT2D eigenvalue weighted by Gasteiger charge is -2.22. The van der Waals surface area contributed by atoms with Gasteiger partial charge in [0.05, 0.1) is 6.61 Å². The molecule has 2 N–H and O–H groups in total. The predicted octanol–water partition coefficient (Wildman–Crippen LogP) is 3.10. The molecule has 0 aliphatic heterocycles. The maximum Gasteiger partial charge on any atom is 0.379 e. The van der Waals surface area contributed by atoms with Crippen molar-refractivity contribution in [3.63, 3.8) is 0 Å². The Bertz CT molecular complexity index is 458. The van der Waals surface area contributed by atoms with Gasteiger partial charge < -0.3 is 10.5 Å². The van der Waals surface area contributed by atoms with Gasteiger partial charge in [-0.25, -0.2) is 9.18 Å². The summed E-state index contributed by atoms with van der Waals surface area (Å²) in [5.74, 6) is -6.36. The number of ether oxygens (including phenoxy) is 1. The average Bonchev–Trinajstić information content (AvgIpc) is 2.28. The lowest BCUT2D eigenvalue weighted by atomic mass is 10.0. The van der Waals surface area contributed by atoms with Crippen LogP contribution in [0.25, 0.3) is 0 Å². The minimum Gasteiger partial charge on any atom is -0.462 e. The summed E-state index contributed by atoms with van der Waals surface area (Å²) in [5, 5.41) is -0.272. The molecule has 0 saturated carbocycles. The molecule has 0 aliphatic carbocycles. The molecular formula is C11H12Cl2F3NO2. The van der Waals surface area contributed by atoms with Gasteiger partial charge in [0.2, 0.25) is 0 Å². The van der Waals surface area contributed by atoms with E-state index in [0.717, 1.165) is 18.2 Å². The Hall–Kier alpha value is -0.980. The van der Waals surface area contributed by atoms with Crippen molar-refractivity contribution in [2.75, 3.05) is 6.61 Å². The van der Waals surface area contributed by atoms with Crippen LogP contribution in [0.4, 0.5) is 13.2 Å². The number of rotatable bonds is 4. The summed E-state index contributed by atoms with van der Waals surface area (Å²) in [4.78, 5) is 11.1. The summed E-state index contributed by atoms with van der Waals surface area (Å²) in [6.07, 6.45) is 0. The summed E-state index contributed by atoms with van der Waals surface area (Å²) in [6.45, 7) is 1.20. The van der Waals surface area contributed by atoms with Gasteiger partial charge >= 0.3 is 11.9 Å². The molecule has 0 radical (unpaired) electrons. The highest BCUT2D eigenvalue weighted by Gasteiger charge is 2.48. The van der Waals surface area contributed by atoms with Gasteiger partial charge in [0.15, 0.2) is 0 Å². The van der Waals surface area contributed by atoms with Crippen molar-refractivity contribution in [1.82, 2.24) is 0 Å². The molecule has 108 valence electrons. The van der Waals surface area contributed by atoms with Gasteiger partial charge in [-0.1, -0.05) is 17.7 Å². The van der Waals surface area contributed by atoms with Crippen LogP contribution in [0.5, 0.6) is 0 Å². The number of halogens is 5. The van der Waals surface area contributed by atoms with Crippen molar-refractivity contribution in [2.45, 2.75) is 18.9 Å². The number of hydrogen-bond acceptors (Lipinski definition) is 3. The minimum atomic E-state index is -3.93. The summed E-state index contributed by atoms with van der Waals surface area (Å²) < 4.78 is 44.2. The molecule has 3 nitrogen and oxygen atoms in total. The standard InChI is InChI=1S/C11H11ClF3NO2.ClH/c1-2-18-10(17)11(14,15)9(16)7-4-3-6(13)5-8(7)12;/h3-5,9H,2,16H2,1H3;1H/t9-;/m1./s1. The van der Waals surface area contributed by atoms with Crippen LogP contribution in [0, 0.1) is 5.82 Å². The highest BCUT2D eigenvalue weighted by molar-refractivity contribution is 6.31. The topological polar surface area (TPSA) is 52.3 Å². The molecule has 19 heavy (non-hydrogen) atoms. The summed E-state index contributed by atoms with van der Waals surface area (Å²) in [5.41, 5.74) is 5.07. The normalized spacial score (nSPS) is 12.5. The van der Waals surface area contributed by atoms with Crippen LogP contribution < -0.4 is 5.73 Å². The Balaban J connectivity index is 0.00000324. The minimum absolute atomic E-state index is 0.